The highest BCUT2D eigenvalue weighted by atomic mass is 79.9. The van der Waals surface area contributed by atoms with Crippen LogP contribution in [0.1, 0.15) is 10.4 Å². The molecule has 3 aromatic rings. The van der Waals surface area contributed by atoms with Gasteiger partial charge in [0.05, 0.1) is 12.8 Å². The number of para-hydroxylation sites is 2. The third-order valence-corrected chi connectivity index (χ3v) is 4.17. The van der Waals surface area contributed by atoms with Crippen LogP contribution in [-0.2, 0) is 0 Å². The number of nitrogens with one attached hydrogen (secondary N) is 3. The Bertz CT molecular complexity index is 949. The van der Waals surface area contributed by atoms with Gasteiger partial charge in [0.1, 0.15) is 17.8 Å². The number of amides is 1. The van der Waals surface area contributed by atoms with Crippen LogP contribution in [0.5, 0.6) is 5.75 Å². The van der Waals surface area contributed by atoms with Gasteiger partial charge in [-0.1, -0.05) is 28.1 Å². The van der Waals surface area contributed by atoms with Crippen LogP contribution in [0.2, 0.25) is 0 Å². The number of nitrogens with two attached hydrogens (primary N) is 1. The number of anilines is 4. The van der Waals surface area contributed by atoms with Crippen LogP contribution in [-0.4, -0.2) is 23.0 Å². The average Bonchev–Trinajstić information content (AvgIpc) is 2.69. The highest BCUT2D eigenvalue weighted by Gasteiger charge is 2.12. The number of nitrogens with zero attached hydrogens (tertiary/aromatic N) is 2. The van der Waals surface area contributed by atoms with E-state index in [2.05, 4.69) is 42.1 Å². The second-order valence-corrected chi connectivity index (χ2v) is 6.31. The number of rotatable bonds is 6. The molecule has 0 spiro atoms. The van der Waals surface area contributed by atoms with E-state index in [1.54, 1.807) is 31.4 Å². The van der Waals surface area contributed by atoms with Crippen LogP contribution in [0.3, 0.4) is 0 Å². The van der Waals surface area contributed by atoms with E-state index in [4.69, 9.17) is 10.5 Å². The average molecular weight is 429 g/mol. The lowest BCUT2D eigenvalue weighted by Crippen LogP contribution is -2.30. The zero-order chi connectivity index (χ0) is 19.2. The maximum Gasteiger partial charge on any atom is 0.269 e. The Labute approximate surface area is 164 Å². The highest BCUT2D eigenvalue weighted by Crippen LogP contribution is 2.30. The molecule has 0 aliphatic heterocycles. The Hall–Kier alpha value is -3.33. The van der Waals surface area contributed by atoms with E-state index in [1.165, 1.54) is 6.33 Å². The number of nitrogen functional groups attached to an aromatic ring is 1. The van der Waals surface area contributed by atoms with Gasteiger partial charge >= 0.3 is 0 Å². The van der Waals surface area contributed by atoms with Gasteiger partial charge < -0.3 is 15.8 Å². The molecule has 138 valence electrons. The number of aromatic nitrogens is 2. The van der Waals surface area contributed by atoms with Gasteiger partial charge in [-0.25, -0.2) is 9.97 Å². The topological polar surface area (TPSA) is 114 Å². The number of methoxy groups -OCH3 is 1. The number of hydrogen-bond donors (Lipinski definition) is 4. The summed E-state index contributed by atoms with van der Waals surface area (Å²) >= 11 is 3.33. The molecule has 0 radical (unpaired) electrons. The quantitative estimate of drug-likeness (QED) is 0.445. The van der Waals surface area contributed by atoms with Crippen molar-refractivity contribution >= 4 is 44.8 Å². The molecule has 0 bridgehead atoms. The lowest BCUT2D eigenvalue weighted by atomic mass is 10.2. The number of halogens is 1. The fraction of sp³-hybridized carbons (Fsp3) is 0.0556. The van der Waals surface area contributed by atoms with E-state index in [1.807, 2.05) is 24.3 Å². The van der Waals surface area contributed by atoms with Crippen molar-refractivity contribution in [2.24, 2.45) is 0 Å². The minimum absolute atomic E-state index is 0.250. The molecule has 0 aliphatic rings. The van der Waals surface area contributed by atoms with Gasteiger partial charge in [-0.05, 0) is 36.4 Å². The fourth-order valence-corrected chi connectivity index (χ4v) is 2.52. The van der Waals surface area contributed by atoms with Crippen molar-refractivity contribution in [1.82, 2.24) is 15.4 Å². The summed E-state index contributed by atoms with van der Waals surface area (Å²) in [6.07, 6.45) is 1.34. The molecule has 1 amide bonds. The van der Waals surface area contributed by atoms with Gasteiger partial charge in [0.2, 0.25) is 0 Å². The molecule has 27 heavy (non-hydrogen) atoms. The Morgan fingerprint density at radius 3 is 2.52 bits per heavy atom. The SMILES string of the molecule is COc1ccccc1Nc1ncnc(NNC(=O)c2ccc(Br)cc2)c1N. The summed E-state index contributed by atoms with van der Waals surface area (Å²) in [5, 5.41) is 3.10. The summed E-state index contributed by atoms with van der Waals surface area (Å²) < 4.78 is 6.19. The van der Waals surface area contributed by atoms with Crippen molar-refractivity contribution < 1.29 is 9.53 Å². The zero-order valence-corrected chi connectivity index (χ0v) is 15.9. The van der Waals surface area contributed by atoms with Gasteiger partial charge in [-0.3, -0.25) is 15.6 Å². The van der Waals surface area contributed by atoms with E-state index in [9.17, 15) is 4.79 Å². The molecular weight excluding hydrogens is 412 g/mol. The van der Waals surface area contributed by atoms with E-state index >= 15 is 0 Å². The first kappa shape index (κ1) is 18.5. The molecule has 2 aromatic carbocycles. The second-order valence-electron chi connectivity index (χ2n) is 5.40. The third-order valence-electron chi connectivity index (χ3n) is 3.64. The molecule has 0 unspecified atom stereocenters. The second kappa shape index (κ2) is 8.37. The van der Waals surface area contributed by atoms with Crippen LogP contribution in [0.25, 0.3) is 0 Å². The molecule has 0 aliphatic carbocycles. The molecular formula is C18H17BrN6O2. The van der Waals surface area contributed by atoms with Gasteiger partial charge in [0.15, 0.2) is 11.6 Å². The van der Waals surface area contributed by atoms with Gasteiger partial charge in [-0.2, -0.15) is 0 Å². The fourth-order valence-electron chi connectivity index (χ4n) is 2.26. The summed E-state index contributed by atoms with van der Waals surface area (Å²) in [4.78, 5) is 20.4. The predicted molar refractivity (Wildman–Crippen MR) is 108 cm³/mol. The van der Waals surface area contributed by atoms with Crippen molar-refractivity contribution in [2.45, 2.75) is 0 Å². The zero-order valence-electron chi connectivity index (χ0n) is 14.4. The smallest absolute Gasteiger partial charge is 0.269 e. The number of ether oxygens (including phenoxy) is 1. The van der Waals surface area contributed by atoms with Crippen molar-refractivity contribution in [1.29, 1.82) is 0 Å². The standard InChI is InChI=1S/C18H17BrN6O2/c1-27-14-5-3-2-4-13(14)23-16-15(20)17(22-10-21-16)24-25-18(26)11-6-8-12(19)9-7-11/h2-10H,20H2,1H3,(H,25,26)(H2,21,22,23,24). The Morgan fingerprint density at radius 2 is 1.78 bits per heavy atom. The van der Waals surface area contributed by atoms with Crippen LogP contribution in [0, 0.1) is 0 Å². The van der Waals surface area contributed by atoms with Gasteiger partial charge in [0.25, 0.3) is 5.91 Å². The molecule has 0 saturated heterocycles. The maximum atomic E-state index is 12.2. The van der Waals surface area contributed by atoms with Gasteiger partial charge in [0, 0.05) is 10.0 Å². The first-order chi connectivity index (χ1) is 13.1. The van der Waals surface area contributed by atoms with Crippen molar-refractivity contribution in [3.63, 3.8) is 0 Å². The lowest BCUT2D eigenvalue weighted by Gasteiger charge is -2.14. The molecule has 1 aromatic heterocycles. The molecule has 8 nitrogen and oxygen atoms in total. The first-order valence-corrected chi connectivity index (χ1v) is 8.70. The molecule has 5 N–H and O–H groups in total. The number of hydrogen-bond acceptors (Lipinski definition) is 7. The number of hydrazine groups is 1. The number of carbonyl (C=O) groups excluding carboxylic acids is 1. The lowest BCUT2D eigenvalue weighted by molar-refractivity contribution is 0.0962. The summed E-state index contributed by atoms with van der Waals surface area (Å²) in [6.45, 7) is 0. The Morgan fingerprint density at radius 1 is 1.07 bits per heavy atom. The van der Waals surface area contributed by atoms with Crippen molar-refractivity contribution in [2.75, 3.05) is 23.6 Å². The molecule has 0 saturated carbocycles. The molecule has 0 fully saturated rings. The molecule has 9 heteroatoms. The van der Waals surface area contributed by atoms with Crippen LogP contribution < -0.4 is 26.6 Å². The van der Waals surface area contributed by atoms with Crippen LogP contribution >= 0.6 is 15.9 Å². The van der Waals surface area contributed by atoms with Gasteiger partial charge in [-0.15, -0.1) is 0 Å². The Kier molecular flexibility index (Phi) is 5.72. The normalized spacial score (nSPS) is 10.1. The van der Waals surface area contributed by atoms with Crippen molar-refractivity contribution in [3.05, 3.63) is 64.9 Å². The molecule has 1 heterocycles. The summed E-state index contributed by atoms with van der Waals surface area (Å²) in [5.41, 5.74) is 12.8. The minimum atomic E-state index is -0.320. The molecule has 3 rings (SSSR count). The summed E-state index contributed by atoms with van der Waals surface area (Å²) in [6, 6.07) is 14.3. The Balaban J connectivity index is 1.73. The predicted octanol–water partition coefficient (Wildman–Crippen LogP) is 3.33. The third kappa shape index (κ3) is 4.45. The number of carbonyl (C=O) groups is 1. The highest BCUT2D eigenvalue weighted by molar-refractivity contribution is 9.10. The van der Waals surface area contributed by atoms with E-state index in [0.29, 0.717) is 22.8 Å². The van der Waals surface area contributed by atoms with E-state index in [-0.39, 0.29) is 17.4 Å². The molecule has 0 atom stereocenters. The number of benzene rings is 2. The maximum absolute atomic E-state index is 12.2. The van der Waals surface area contributed by atoms with E-state index in [0.717, 1.165) is 4.47 Å². The van der Waals surface area contributed by atoms with Crippen LogP contribution in [0.15, 0.2) is 59.3 Å². The first-order valence-electron chi connectivity index (χ1n) is 7.91. The van der Waals surface area contributed by atoms with Crippen LogP contribution in [0.4, 0.5) is 23.0 Å². The summed E-state index contributed by atoms with van der Waals surface area (Å²) in [5.74, 6) is 0.982. The van der Waals surface area contributed by atoms with Crippen molar-refractivity contribution in [3.8, 4) is 5.75 Å². The van der Waals surface area contributed by atoms with E-state index < -0.39 is 0 Å². The minimum Gasteiger partial charge on any atom is -0.495 e. The monoisotopic (exact) mass is 428 g/mol. The largest absolute Gasteiger partial charge is 0.495 e. The summed E-state index contributed by atoms with van der Waals surface area (Å²) in [7, 11) is 1.58.